The number of ether oxygens (including phenoxy) is 2. The standard InChI is InChI=1S/C30H34ClN7O7/c1-4-5-12-25-32-28(31)27(30(40)44-20(3)43-26(39)13-8-9-19(2)45-38(41)42)37(25)18-21-14-16-22(17-15-21)23-10-6-7-11-24(23)29-33-35-36-34-29/h6-7,10-11,14-17,19-20H,4-5,8-9,12-13,18H2,1-3H3,(H,33,34,35,36)/t19-,20?/m0/s1. The van der Waals surface area contributed by atoms with Gasteiger partial charge in [0, 0.05) is 31.9 Å². The van der Waals surface area contributed by atoms with Crippen LogP contribution in [-0.4, -0.2) is 59.6 Å². The van der Waals surface area contributed by atoms with E-state index in [0.29, 0.717) is 31.0 Å². The number of carbonyl (C=O) groups excluding carboxylic acids is 2. The van der Waals surface area contributed by atoms with Crippen LogP contribution >= 0.6 is 11.6 Å². The van der Waals surface area contributed by atoms with E-state index in [-0.39, 0.29) is 23.7 Å². The minimum absolute atomic E-state index is 0.00457. The molecule has 0 aliphatic carbocycles. The number of tetrazole rings is 1. The van der Waals surface area contributed by atoms with Crippen LogP contribution in [0.5, 0.6) is 0 Å². The number of aryl methyl sites for hydroxylation is 1. The van der Waals surface area contributed by atoms with E-state index < -0.39 is 29.4 Å². The van der Waals surface area contributed by atoms with Gasteiger partial charge < -0.3 is 18.9 Å². The number of carbonyl (C=O) groups is 2. The summed E-state index contributed by atoms with van der Waals surface area (Å²) in [5.41, 5.74) is 3.67. The number of benzene rings is 2. The van der Waals surface area contributed by atoms with E-state index in [0.717, 1.165) is 35.1 Å². The quantitative estimate of drug-likeness (QED) is 0.0699. The van der Waals surface area contributed by atoms with Gasteiger partial charge in [-0.1, -0.05) is 73.5 Å². The molecule has 2 aromatic heterocycles. The van der Waals surface area contributed by atoms with E-state index in [1.807, 2.05) is 48.5 Å². The lowest BCUT2D eigenvalue weighted by molar-refractivity contribution is -0.767. The van der Waals surface area contributed by atoms with Crippen molar-refractivity contribution >= 4 is 23.5 Å². The Morgan fingerprint density at radius 3 is 2.47 bits per heavy atom. The molecular weight excluding hydrogens is 606 g/mol. The fourth-order valence-corrected chi connectivity index (χ4v) is 5.02. The first-order valence-electron chi connectivity index (χ1n) is 14.5. The normalized spacial score (nSPS) is 12.4. The summed E-state index contributed by atoms with van der Waals surface area (Å²) in [7, 11) is 0. The van der Waals surface area contributed by atoms with Crippen molar-refractivity contribution in [1.29, 1.82) is 0 Å². The zero-order valence-corrected chi connectivity index (χ0v) is 25.9. The van der Waals surface area contributed by atoms with E-state index >= 15 is 0 Å². The third kappa shape index (κ3) is 9.08. The third-order valence-corrected chi connectivity index (χ3v) is 7.16. The average Bonchev–Trinajstić information content (AvgIpc) is 3.64. The van der Waals surface area contributed by atoms with Crippen molar-refractivity contribution < 1.29 is 29.0 Å². The first-order valence-corrected chi connectivity index (χ1v) is 14.9. The van der Waals surface area contributed by atoms with E-state index in [2.05, 4.69) is 37.4 Å². The van der Waals surface area contributed by atoms with Gasteiger partial charge in [0.25, 0.3) is 5.09 Å². The highest BCUT2D eigenvalue weighted by atomic mass is 35.5. The second-order valence-corrected chi connectivity index (χ2v) is 10.7. The predicted molar refractivity (Wildman–Crippen MR) is 162 cm³/mol. The van der Waals surface area contributed by atoms with E-state index in [4.69, 9.17) is 21.1 Å². The van der Waals surface area contributed by atoms with Crippen molar-refractivity contribution in [3.63, 3.8) is 0 Å². The van der Waals surface area contributed by atoms with E-state index in [1.165, 1.54) is 13.8 Å². The summed E-state index contributed by atoms with van der Waals surface area (Å²) in [4.78, 5) is 44.8. The molecule has 0 saturated heterocycles. The van der Waals surface area contributed by atoms with E-state index in [1.54, 1.807) is 4.57 Å². The number of imidazole rings is 1. The highest BCUT2D eigenvalue weighted by molar-refractivity contribution is 6.32. The molecule has 4 aromatic rings. The molecule has 0 spiro atoms. The Hall–Kier alpha value is -4.85. The van der Waals surface area contributed by atoms with Crippen molar-refractivity contribution in [1.82, 2.24) is 30.2 Å². The van der Waals surface area contributed by atoms with Gasteiger partial charge in [0.15, 0.2) is 10.8 Å². The number of H-pyrrole nitrogens is 1. The van der Waals surface area contributed by atoms with Gasteiger partial charge in [-0.3, -0.25) is 4.79 Å². The van der Waals surface area contributed by atoms with Gasteiger partial charge in [-0.25, -0.2) is 9.78 Å². The maximum absolute atomic E-state index is 13.3. The fraction of sp³-hybridized carbons (Fsp3) is 0.400. The fourth-order valence-electron chi connectivity index (χ4n) is 4.74. The van der Waals surface area contributed by atoms with Crippen LogP contribution in [-0.2, 0) is 32.1 Å². The summed E-state index contributed by atoms with van der Waals surface area (Å²) in [6.45, 7) is 5.31. The van der Waals surface area contributed by atoms with Crippen molar-refractivity contribution in [3.8, 4) is 22.5 Å². The number of aromatic amines is 1. The first kappa shape index (κ1) is 33.1. The molecule has 0 aliphatic rings. The molecule has 15 heteroatoms. The van der Waals surface area contributed by atoms with Gasteiger partial charge in [0.2, 0.25) is 12.1 Å². The van der Waals surface area contributed by atoms with E-state index in [9.17, 15) is 19.7 Å². The number of aromatic nitrogens is 6. The van der Waals surface area contributed by atoms with Crippen LogP contribution < -0.4 is 0 Å². The number of nitrogens with zero attached hydrogens (tertiary/aromatic N) is 6. The summed E-state index contributed by atoms with van der Waals surface area (Å²) < 4.78 is 12.4. The predicted octanol–water partition coefficient (Wildman–Crippen LogP) is 5.59. The van der Waals surface area contributed by atoms with Crippen molar-refractivity contribution in [2.24, 2.45) is 0 Å². The molecule has 238 valence electrons. The zero-order valence-electron chi connectivity index (χ0n) is 25.1. The van der Waals surface area contributed by atoms with Crippen molar-refractivity contribution in [2.45, 2.75) is 78.2 Å². The van der Waals surface area contributed by atoms with Crippen LogP contribution in [0, 0.1) is 10.1 Å². The highest BCUT2D eigenvalue weighted by Crippen LogP contribution is 2.30. The monoisotopic (exact) mass is 639 g/mol. The molecule has 2 heterocycles. The van der Waals surface area contributed by atoms with Gasteiger partial charge in [0.05, 0.1) is 0 Å². The molecule has 0 bridgehead atoms. The number of unbranched alkanes of at least 4 members (excludes halogenated alkanes) is 1. The van der Waals surface area contributed by atoms with Gasteiger partial charge in [-0.15, -0.1) is 20.3 Å². The summed E-state index contributed by atoms with van der Waals surface area (Å²) in [6, 6.07) is 15.6. The van der Waals surface area contributed by atoms with Gasteiger partial charge >= 0.3 is 11.9 Å². The molecule has 2 atom stereocenters. The second-order valence-electron chi connectivity index (χ2n) is 10.3. The number of hydrogen-bond acceptors (Lipinski definition) is 11. The molecule has 0 fully saturated rings. The van der Waals surface area contributed by atoms with Crippen LogP contribution in [0.2, 0.25) is 5.15 Å². The number of esters is 2. The maximum atomic E-state index is 13.3. The Morgan fingerprint density at radius 1 is 1.07 bits per heavy atom. The minimum atomic E-state index is -1.20. The number of halogens is 1. The number of hydrogen-bond donors (Lipinski definition) is 1. The third-order valence-electron chi connectivity index (χ3n) is 6.90. The van der Waals surface area contributed by atoms with Gasteiger partial charge in [-0.2, -0.15) is 5.21 Å². The van der Waals surface area contributed by atoms with Crippen LogP contribution in [0.3, 0.4) is 0 Å². The molecule has 2 aromatic carbocycles. The molecule has 0 radical (unpaired) electrons. The van der Waals surface area contributed by atoms with Crippen molar-refractivity contribution in [3.05, 3.63) is 80.9 Å². The molecule has 45 heavy (non-hydrogen) atoms. The summed E-state index contributed by atoms with van der Waals surface area (Å²) >= 11 is 6.47. The number of nitrogens with one attached hydrogen (secondary N) is 1. The maximum Gasteiger partial charge on any atom is 0.361 e. The average molecular weight is 640 g/mol. The summed E-state index contributed by atoms with van der Waals surface area (Å²) in [5.74, 6) is -0.277. The smallest absolute Gasteiger partial charge is 0.361 e. The lowest BCUT2D eigenvalue weighted by Crippen LogP contribution is -2.24. The second kappa shape index (κ2) is 15.7. The molecule has 0 aliphatic heterocycles. The molecule has 0 amide bonds. The lowest BCUT2D eigenvalue weighted by Gasteiger charge is -2.16. The Morgan fingerprint density at radius 2 is 1.80 bits per heavy atom. The van der Waals surface area contributed by atoms with Crippen LogP contribution in [0.25, 0.3) is 22.5 Å². The first-order chi connectivity index (χ1) is 21.7. The Labute approximate surface area is 264 Å². The summed E-state index contributed by atoms with van der Waals surface area (Å²) in [5, 5.41) is 23.9. The van der Waals surface area contributed by atoms with Crippen LogP contribution in [0.15, 0.2) is 48.5 Å². The number of rotatable bonds is 16. The van der Waals surface area contributed by atoms with Gasteiger partial charge in [-0.05, 0) is 48.1 Å². The summed E-state index contributed by atoms with van der Waals surface area (Å²) in [6.07, 6.45) is 1.06. The Balaban J connectivity index is 1.46. The van der Waals surface area contributed by atoms with Crippen molar-refractivity contribution in [2.75, 3.05) is 0 Å². The minimum Gasteiger partial charge on any atom is -0.425 e. The Bertz CT molecular complexity index is 1590. The Kier molecular flexibility index (Phi) is 11.6. The molecule has 14 nitrogen and oxygen atoms in total. The zero-order chi connectivity index (χ0) is 32.3. The van der Waals surface area contributed by atoms with Gasteiger partial charge in [0.1, 0.15) is 11.9 Å². The molecule has 4 rings (SSSR count). The lowest BCUT2D eigenvalue weighted by atomic mass is 9.98. The SMILES string of the molecule is CCCCc1nc(Cl)c(C(=O)OC(C)OC(=O)CCC[C@H](C)O[N+](=O)[O-])n1Cc1ccc(-c2ccccc2-c2nn[nH]n2)cc1. The molecule has 0 saturated carbocycles. The van der Waals surface area contributed by atoms with Crippen LogP contribution in [0.4, 0.5) is 0 Å². The molecule has 1 unspecified atom stereocenters. The molecular formula is C30H34ClN7O7. The van der Waals surface area contributed by atoms with Crippen LogP contribution in [0.1, 0.15) is 74.8 Å². The topological polar surface area (TPSA) is 177 Å². The highest BCUT2D eigenvalue weighted by Gasteiger charge is 2.26. The largest absolute Gasteiger partial charge is 0.425 e. The molecule has 1 N–H and O–H groups in total.